The third-order valence-corrected chi connectivity index (χ3v) is 3.44. The molecule has 2 aromatic rings. The van der Waals surface area contributed by atoms with Crippen LogP contribution in [0.3, 0.4) is 0 Å². The average molecular weight is 316 g/mol. The van der Waals surface area contributed by atoms with Crippen molar-refractivity contribution >= 4 is 11.9 Å². The topological polar surface area (TPSA) is 65.7 Å². The van der Waals surface area contributed by atoms with Crippen molar-refractivity contribution in [1.82, 2.24) is 0 Å². The van der Waals surface area contributed by atoms with Crippen molar-refractivity contribution in [2.75, 3.05) is 13.2 Å². The fourth-order valence-corrected chi connectivity index (χ4v) is 2.46. The van der Waals surface area contributed by atoms with Crippen LogP contribution in [-0.4, -0.2) is 25.2 Å². The highest BCUT2D eigenvalue weighted by molar-refractivity contribution is 6.07. The number of hydrogen-bond donors (Lipinski definition) is 0. The molecule has 0 fully saturated rings. The van der Waals surface area contributed by atoms with Gasteiger partial charge in [0.25, 0.3) is 0 Å². The van der Waals surface area contributed by atoms with Crippen molar-refractivity contribution in [3.8, 4) is 11.1 Å². The summed E-state index contributed by atoms with van der Waals surface area (Å²) in [5.74, 6) is -0.893. The van der Waals surface area contributed by atoms with Crippen molar-refractivity contribution < 1.29 is 23.5 Å². The lowest BCUT2D eigenvalue weighted by Crippen LogP contribution is -2.13. The van der Waals surface area contributed by atoms with Gasteiger partial charge in [-0.15, -0.1) is 0 Å². The van der Waals surface area contributed by atoms with E-state index < -0.39 is 11.9 Å². The summed E-state index contributed by atoms with van der Waals surface area (Å²) in [4.78, 5) is 24.5. The molecule has 2 rings (SSSR count). The van der Waals surface area contributed by atoms with Crippen LogP contribution >= 0.6 is 0 Å². The van der Waals surface area contributed by atoms with Gasteiger partial charge in [0.1, 0.15) is 11.3 Å². The molecule has 0 spiro atoms. The molecule has 1 heterocycles. The smallest absolute Gasteiger partial charge is 0.375 e. The lowest BCUT2D eigenvalue weighted by atomic mass is 9.96. The molecule has 0 amide bonds. The fraction of sp³-hybridized carbons (Fsp3) is 0.333. The minimum absolute atomic E-state index is 0.110. The number of esters is 2. The molecule has 0 bridgehead atoms. The van der Waals surface area contributed by atoms with Crippen LogP contribution in [0.25, 0.3) is 11.1 Å². The first-order chi connectivity index (χ1) is 11.0. The first-order valence-corrected chi connectivity index (χ1v) is 7.54. The summed E-state index contributed by atoms with van der Waals surface area (Å²) in [5, 5.41) is 0. The first-order valence-electron chi connectivity index (χ1n) is 7.54. The van der Waals surface area contributed by atoms with Gasteiger partial charge < -0.3 is 13.9 Å². The Morgan fingerprint density at radius 2 is 1.61 bits per heavy atom. The zero-order chi connectivity index (χ0) is 17.0. The van der Waals surface area contributed by atoms with Gasteiger partial charge in [-0.2, -0.15) is 0 Å². The molecular formula is C18H20O5. The zero-order valence-corrected chi connectivity index (χ0v) is 13.8. The molecule has 1 aromatic heterocycles. The average Bonchev–Trinajstić information content (AvgIpc) is 2.86. The van der Waals surface area contributed by atoms with Gasteiger partial charge >= 0.3 is 11.9 Å². The fourth-order valence-electron chi connectivity index (χ4n) is 2.46. The summed E-state index contributed by atoms with van der Waals surface area (Å²) < 4.78 is 15.7. The minimum atomic E-state index is -0.668. The van der Waals surface area contributed by atoms with Gasteiger partial charge in [-0.25, -0.2) is 9.59 Å². The van der Waals surface area contributed by atoms with E-state index in [0.717, 1.165) is 11.1 Å². The highest BCUT2D eigenvalue weighted by Crippen LogP contribution is 2.35. The number of carbonyl (C=O) groups excluding carboxylic acids is 2. The Labute approximate surface area is 135 Å². The van der Waals surface area contributed by atoms with Gasteiger partial charge in [-0.05, 0) is 38.8 Å². The monoisotopic (exact) mass is 316 g/mol. The Hall–Kier alpha value is -2.56. The standard InChI is InChI=1S/C18H20O5/c1-5-21-17(19)15-14(13-10-8-7-9-11(13)3)12(4)23-16(15)18(20)22-6-2/h7-10H,5-6H2,1-4H3. The van der Waals surface area contributed by atoms with Gasteiger partial charge in [-0.1, -0.05) is 24.3 Å². The highest BCUT2D eigenvalue weighted by Gasteiger charge is 2.31. The predicted octanol–water partition coefficient (Wildman–Crippen LogP) is 3.92. The maximum Gasteiger partial charge on any atom is 0.375 e. The quantitative estimate of drug-likeness (QED) is 0.782. The van der Waals surface area contributed by atoms with Crippen LogP contribution in [0.2, 0.25) is 0 Å². The summed E-state index contributed by atoms with van der Waals surface area (Å²) in [7, 11) is 0. The van der Waals surface area contributed by atoms with Gasteiger partial charge in [0.05, 0.1) is 13.2 Å². The largest absolute Gasteiger partial charge is 0.462 e. The van der Waals surface area contributed by atoms with E-state index in [-0.39, 0.29) is 24.5 Å². The molecule has 0 saturated carbocycles. The van der Waals surface area contributed by atoms with Gasteiger partial charge in [0.15, 0.2) is 0 Å². The lowest BCUT2D eigenvalue weighted by Gasteiger charge is -2.08. The van der Waals surface area contributed by atoms with Gasteiger partial charge in [0.2, 0.25) is 5.76 Å². The molecule has 0 N–H and O–H groups in total. The van der Waals surface area contributed by atoms with E-state index in [1.165, 1.54) is 0 Å². The van der Waals surface area contributed by atoms with Crippen LogP contribution in [0.4, 0.5) is 0 Å². The van der Waals surface area contributed by atoms with Crippen LogP contribution in [0.5, 0.6) is 0 Å². The number of hydrogen-bond acceptors (Lipinski definition) is 5. The number of ether oxygens (including phenoxy) is 2. The number of furan rings is 1. The van der Waals surface area contributed by atoms with Crippen molar-refractivity contribution in [1.29, 1.82) is 0 Å². The molecule has 1 aromatic carbocycles. The van der Waals surface area contributed by atoms with Crippen LogP contribution < -0.4 is 0 Å². The van der Waals surface area contributed by atoms with Crippen molar-refractivity contribution in [2.24, 2.45) is 0 Å². The van der Waals surface area contributed by atoms with Crippen LogP contribution in [0, 0.1) is 13.8 Å². The van der Waals surface area contributed by atoms with E-state index in [1.54, 1.807) is 20.8 Å². The molecule has 5 nitrogen and oxygen atoms in total. The SMILES string of the molecule is CCOC(=O)c1oc(C)c(-c2ccccc2C)c1C(=O)OCC. The summed E-state index contributed by atoms with van der Waals surface area (Å²) in [6.07, 6.45) is 0. The molecule has 122 valence electrons. The molecule has 0 radical (unpaired) electrons. The Morgan fingerprint density at radius 1 is 1.00 bits per heavy atom. The normalized spacial score (nSPS) is 10.4. The zero-order valence-electron chi connectivity index (χ0n) is 13.8. The molecular weight excluding hydrogens is 296 g/mol. The Morgan fingerprint density at radius 3 is 2.22 bits per heavy atom. The summed E-state index contributed by atoms with van der Waals surface area (Å²) >= 11 is 0. The van der Waals surface area contributed by atoms with Crippen LogP contribution in [0.1, 0.15) is 46.1 Å². The molecule has 0 atom stereocenters. The second-order valence-corrected chi connectivity index (χ2v) is 4.99. The Balaban J connectivity index is 2.69. The molecule has 0 aliphatic heterocycles. The van der Waals surface area contributed by atoms with Crippen LogP contribution in [-0.2, 0) is 9.47 Å². The predicted molar refractivity (Wildman–Crippen MR) is 85.5 cm³/mol. The molecule has 0 aliphatic carbocycles. The number of aryl methyl sites for hydroxylation is 2. The van der Waals surface area contributed by atoms with E-state index >= 15 is 0 Å². The Kier molecular flexibility index (Phi) is 5.21. The number of benzene rings is 1. The van der Waals surface area contributed by atoms with Crippen molar-refractivity contribution in [3.05, 3.63) is 46.9 Å². The van der Waals surface area contributed by atoms with E-state index in [1.807, 2.05) is 31.2 Å². The van der Waals surface area contributed by atoms with E-state index in [2.05, 4.69) is 0 Å². The van der Waals surface area contributed by atoms with Crippen molar-refractivity contribution in [3.63, 3.8) is 0 Å². The maximum atomic E-state index is 12.4. The van der Waals surface area contributed by atoms with E-state index in [9.17, 15) is 9.59 Å². The van der Waals surface area contributed by atoms with Crippen molar-refractivity contribution in [2.45, 2.75) is 27.7 Å². The third-order valence-electron chi connectivity index (χ3n) is 3.44. The minimum Gasteiger partial charge on any atom is -0.462 e. The molecule has 0 saturated heterocycles. The summed E-state index contributed by atoms with van der Waals surface area (Å²) in [6.45, 7) is 7.45. The second-order valence-electron chi connectivity index (χ2n) is 4.99. The number of carbonyl (C=O) groups is 2. The van der Waals surface area contributed by atoms with Gasteiger partial charge in [-0.3, -0.25) is 0 Å². The maximum absolute atomic E-state index is 12.4. The number of rotatable bonds is 5. The highest BCUT2D eigenvalue weighted by atomic mass is 16.5. The molecule has 23 heavy (non-hydrogen) atoms. The summed E-state index contributed by atoms with van der Waals surface area (Å²) in [5.41, 5.74) is 2.49. The lowest BCUT2D eigenvalue weighted by molar-refractivity contribution is 0.0451. The molecule has 0 unspecified atom stereocenters. The third kappa shape index (κ3) is 3.28. The van der Waals surface area contributed by atoms with Gasteiger partial charge in [0, 0.05) is 5.56 Å². The molecule has 0 aliphatic rings. The van der Waals surface area contributed by atoms with Crippen LogP contribution in [0.15, 0.2) is 28.7 Å². The Bertz CT molecular complexity index is 727. The first kappa shape index (κ1) is 16.8. The van der Waals surface area contributed by atoms with E-state index in [4.69, 9.17) is 13.9 Å². The molecule has 5 heteroatoms. The second kappa shape index (κ2) is 7.13. The van der Waals surface area contributed by atoms with E-state index in [0.29, 0.717) is 11.3 Å². The summed E-state index contributed by atoms with van der Waals surface area (Å²) in [6, 6.07) is 7.59.